The van der Waals surface area contributed by atoms with Gasteiger partial charge in [-0.1, -0.05) is 24.3 Å². The summed E-state index contributed by atoms with van der Waals surface area (Å²) in [7, 11) is 0. The summed E-state index contributed by atoms with van der Waals surface area (Å²) in [6.45, 7) is 1.75. The molecule has 1 heterocycles. The molecule has 2 aromatic rings. The summed E-state index contributed by atoms with van der Waals surface area (Å²) in [6.07, 6.45) is 4.60. The third kappa shape index (κ3) is 2.19. The third-order valence-electron chi connectivity index (χ3n) is 2.25. The quantitative estimate of drug-likeness (QED) is 0.808. The average molecular weight is 200 g/mol. The van der Waals surface area contributed by atoms with E-state index in [-0.39, 0.29) is 0 Å². The maximum absolute atomic E-state index is 9.36. The Morgan fingerprint density at radius 1 is 1.13 bits per heavy atom. The van der Waals surface area contributed by atoms with Crippen LogP contribution in [-0.4, -0.2) is 15.1 Å². The van der Waals surface area contributed by atoms with Crippen LogP contribution in [0.2, 0.25) is 0 Å². The van der Waals surface area contributed by atoms with Gasteiger partial charge >= 0.3 is 0 Å². The summed E-state index contributed by atoms with van der Waals surface area (Å²) in [5.41, 5.74) is 2.75. The minimum absolute atomic E-state index is 0.430. The van der Waals surface area contributed by atoms with Crippen molar-refractivity contribution in [2.24, 2.45) is 0 Å². The molecule has 0 bridgehead atoms. The van der Waals surface area contributed by atoms with Gasteiger partial charge in [0.1, 0.15) is 0 Å². The Morgan fingerprint density at radius 2 is 1.87 bits per heavy atom. The zero-order valence-corrected chi connectivity index (χ0v) is 8.46. The summed E-state index contributed by atoms with van der Waals surface area (Å²) in [5.74, 6) is 0. The predicted octanol–water partition coefficient (Wildman–Crippen LogP) is 2.20. The van der Waals surface area contributed by atoms with Crippen LogP contribution in [-0.2, 0) is 0 Å². The van der Waals surface area contributed by atoms with Crippen LogP contribution in [0, 0.1) is 0 Å². The Hall–Kier alpha value is -1.74. The fourth-order valence-electron chi connectivity index (χ4n) is 1.38. The number of aliphatic hydroxyl groups is 1. The first-order chi connectivity index (χ1) is 7.27. The lowest BCUT2D eigenvalue weighted by Crippen LogP contribution is -1.90. The molecule has 0 saturated carbocycles. The van der Waals surface area contributed by atoms with Gasteiger partial charge in [-0.05, 0) is 12.5 Å². The molecule has 0 fully saturated rings. The van der Waals surface area contributed by atoms with E-state index >= 15 is 0 Å². The highest BCUT2D eigenvalue weighted by Crippen LogP contribution is 2.19. The van der Waals surface area contributed by atoms with Crippen LogP contribution in [0.1, 0.15) is 18.6 Å². The molecule has 0 radical (unpaired) electrons. The molecule has 0 aliphatic carbocycles. The Labute approximate surface area is 88.5 Å². The molecule has 0 aliphatic heterocycles. The summed E-state index contributed by atoms with van der Waals surface area (Å²) in [6, 6.07) is 7.67. The van der Waals surface area contributed by atoms with Crippen LogP contribution in [0.15, 0.2) is 42.9 Å². The number of hydrogen-bond donors (Lipinski definition) is 1. The van der Waals surface area contributed by atoms with Crippen LogP contribution in [0.5, 0.6) is 0 Å². The molecule has 1 aromatic carbocycles. The van der Waals surface area contributed by atoms with Crippen molar-refractivity contribution in [2.45, 2.75) is 13.0 Å². The highest BCUT2D eigenvalue weighted by Gasteiger charge is 2.02. The second-order valence-electron chi connectivity index (χ2n) is 3.39. The first-order valence-corrected chi connectivity index (χ1v) is 4.82. The van der Waals surface area contributed by atoms with Crippen molar-refractivity contribution in [1.82, 2.24) is 9.97 Å². The molecule has 15 heavy (non-hydrogen) atoms. The van der Waals surface area contributed by atoms with Crippen molar-refractivity contribution in [3.8, 4) is 11.3 Å². The Kier molecular flexibility index (Phi) is 2.74. The van der Waals surface area contributed by atoms with Crippen molar-refractivity contribution >= 4 is 0 Å². The fourth-order valence-corrected chi connectivity index (χ4v) is 1.38. The third-order valence-corrected chi connectivity index (χ3v) is 2.25. The SMILES string of the molecule is CC(O)c1ccc(-c2cnccn2)cc1. The molecule has 3 heteroatoms. The summed E-state index contributed by atoms with van der Waals surface area (Å²) in [4.78, 5) is 8.21. The minimum atomic E-state index is -0.430. The number of aliphatic hydroxyl groups excluding tert-OH is 1. The van der Waals surface area contributed by atoms with E-state index in [1.807, 2.05) is 24.3 Å². The molecule has 0 amide bonds. The topological polar surface area (TPSA) is 46.0 Å². The maximum Gasteiger partial charge on any atom is 0.0885 e. The number of aromatic nitrogens is 2. The van der Waals surface area contributed by atoms with Gasteiger partial charge in [0.25, 0.3) is 0 Å². The Balaban J connectivity index is 2.32. The molecule has 1 N–H and O–H groups in total. The van der Waals surface area contributed by atoms with Gasteiger partial charge in [-0.3, -0.25) is 9.97 Å². The van der Waals surface area contributed by atoms with Gasteiger partial charge in [0.2, 0.25) is 0 Å². The summed E-state index contributed by atoms with van der Waals surface area (Å²) in [5, 5.41) is 9.36. The van der Waals surface area contributed by atoms with E-state index in [4.69, 9.17) is 0 Å². The van der Waals surface area contributed by atoms with E-state index in [1.54, 1.807) is 25.5 Å². The lowest BCUT2D eigenvalue weighted by atomic mass is 10.1. The van der Waals surface area contributed by atoms with Gasteiger partial charge in [0, 0.05) is 18.0 Å². The summed E-state index contributed by atoms with van der Waals surface area (Å²) >= 11 is 0. The monoisotopic (exact) mass is 200 g/mol. The van der Waals surface area contributed by atoms with Crippen molar-refractivity contribution in [3.63, 3.8) is 0 Å². The van der Waals surface area contributed by atoms with Crippen molar-refractivity contribution in [2.75, 3.05) is 0 Å². The van der Waals surface area contributed by atoms with Gasteiger partial charge in [0.05, 0.1) is 18.0 Å². The largest absolute Gasteiger partial charge is 0.389 e. The van der Waals surface area contributed by atoms with E-state index in [0.29, 0.717) is 0 Å². The van der Waals surface area contributed by atoms with E-state index in [2.05, 4.69) is 9.97 Å². The molecule has 0 spiro atoms. The molecule has 0 aliphatic rings. The summed E-state index contributed by atoms with van der Waals surface area (Å²) < 4.78 is 0. The normalized spacial score (nSPS) is 12.4. The Bertz CT molecular complexity index is 423. The molecule has 1 unspecified atom stereocenters. The van der Waals surface area contributed by atoms with Gasteiger partial charge in [-0.15, -0.1) is 0 Å². The molecule has 2 rings (SSSR count). The lowest BCUT2D eigenvalue weighted by molar-refractivity contribution is 0.199. The van der Waals surface area contributed by atoms with Gasteiger partial charge < -0.3 is 5.11 Å². The zero-order chi connectivity index (χ0) is 10.7. The highest BCUT2D eigenvalue weighted by atomic mass is 16.3. The average Bonchev–Trinajstić information content (AvgIpc) is 2.30. The maximum atomic E-state index is 9.36. The predicted molar refractivity (Wildman–Crippen MR) is 58.1 cm³/mol. The Morgan fingerprint density at radius 3 is 2.40 bits per heavy atom. The van der Waals surface area contributed by atoms with Gasteiger partial charge in [0.15, 0.2) is 0 Å². The van der Waals surface area contributed by atoms with Crippen LogP contribution in [0.25, 0.3) is 11.3 Å². The van der Waals surface area contributed by atoms with E-state index < -0.39 is 6.10 Å². The van der Waals surface area contributed by atoms with E-state index in [9.17, 15) is 5.11 Å². The second-order valence-corrected chi connectivity index (χ2v) is 3.39. The molecule has 3 nitrogen and oxygen atoms in total. The van der Waals surface area contributed by atoms with Crippen LogP contribution in [0.3, 0.4) is 0 Å². The van der Waals surface area contributed by atoms with Gasteiger partial charge in [-0.2, -0.15) is 0 Å². The number of nitrogens with zero attached hydrogens (tertiary/aromatic N) is 2. The van der Waals surface area contributed by atoms with Crippen molar-refractivity contribution in [1.29, 1.82) is 0 Å². The van der Waals surface area contributed by atoms with Gasteiger partial charge in [-0.25, -0.2) is 0 Å². The van der Waals surface area contributed by atoms with Crippen LogP contribution < -0.4 is 0 Å². The second kappa shape index (κ2) is 4.19. The van der Waals surface area contributed by atoms with E-state index in [1.165, 1.54) is 0 Å². The lowest BCUT2D eigenvalue weighted by Gasteiger charge is -2.05. The number of hydrogen-bond acceptors (Lipinski definition) is 3. The zero-order valence-electron chi connectivity index (χ0n) is 8.46. The molecular weight excluding hydrogens is 188 g/mol. The van der Waals surface area contributed by atoms with Crippen LogP contribution >= 0.6 is 0 Å². The highest BCUT2D eigenvalue weighted by molar-refractivity contribution is 5.58. The molecular formula is C12H12N2O. The smallest absolute Gasteiger partial charge is 0.0885 e. The number of rotatable bonds is 2. The first kappa shape index (κ1) is 9.80. The van der Waals surface area contributed by atoms with Crippen LogP contribution in [0.4, 0.5) is 0 Å². The van der Waals surface area contributed by atoms with Crippen molar-refractivity contribution in [3.05, 3.63) is 48.4 Å². The molecule has 0 saturated heterocycles. The standard InChI is InChI=1S/C12H12N2O/c1-9(15)10-2-4-11(5-3-10)12-8-13-6-7-14-12/h2-9,15H,1H3. The number of benzene rings is 1. The van der Waals surface area contributed by atoms with Crippen molar-refractivity contribution < 1.29 is 5.11 Å². The fraction of sp³-hybridized carbons (Fsp3) is 0.167. The first-order valence-electron chi connectivity index (χ1n) is 4.82. The molecule has 1 aromatic heterocycles. The van der Waals surface area contributed by atoms with E-state index in [0.717, 1.165) is 16.8 Å². The minimum Gasteiger partial charge on any atom is -0.389 e. The molecule has 1 atom stereocenters. The molecule has 76 valence electrons.